The second kappa shape index (κ2) is 4.24. The van der Waals surface area contributed by atoms with Gasteiger partial charge in [0.2, 0.25) is 5.95 Å². The minimum Gasteiger partial charge on any atom is -0.399 e. The van der Waals surface area contributed by atoms with Crippen LogP contribution in [-0.2, 0) is 0 Å². The predicted octanol–water partition coefficient (Wildman–Crippen LogP) is 3.17. The maximum Gasteiger partial charge on any atom is 0.205 e. The quantitative estimate of drug-likeness (QED) is 0.620. The monoisotopic (exact) mass is 260 g/mol. The Labute approximate surface area is 107 Å². The number of nitrogens with two attached hydrogens (primary N) is 1. The van der Waals surface area contributed by atoms with Gasteiger partial charge in [-0.25, -0.2) is 13.8 Å². The van der Waals surface area contributed by atoms with E-state index in [9.17, 15) is 8.78 Å². The third kappa shape index (κ3) is 2.08. The smallest absolute Gasteiger partial charge is 0.205 e. The molecule has 0 atom stereocenters. The number of H-pyrrole nitrogens is 1. The highest BCUT2D eigenvalue weighted by atomic mass is 19.1. The molecule has 1 heterocycles. The predicted molar refractivity (Wildman–Crippen MR) is 70.1 cm³/mol. The molecule has 4 N–H and O–H groups in total. The van der Waals surface area contributed by atoms with Crippen molar-refractivity contribution in [3.8, 4) is 0 Å². The second-order valence-electron chi connectivity index (χ2n) is 4.08. The van der Waals surface area contributed by atoms with E-state index in [2.05, 4.69) is 15.3 Å². The third-order valence-electron chi connectivity index (χ3n) is 2.71. The van der Waals surface area contributed by atoms with Crippen LogP contribution >= 0.6 is 0 Å². The number of rotatable bonds is 2. The van der Waals surface area contributed by atoms with Crippen molar-refractivity contribution in [3.63, 3.8) is 0 Å². The van der Waals surface area contributed by atoms with E-state index in [-0.39, 0.29) is 11.6 Å². The molecular formula is C13H10F2N4. The number of nitrogen functional groups attached to an aromatic ring is 1. The van der Waals surface area contributed by atoms with E-state index in [1.165, 1.54) is 18.2 Å². The summed E-state index contributed by atoms with van der Waals surface area (Å²) in [5.74, 6) is -1.11. The molecule has 0 unspecified atom stereocenters. The van der Waals surface area contributed by atoms with Crippen LogP contribution in [0.25, 0.3) is 11.0 Å². The van der Waals surface area contributed by atoms with E-state index >= 15 is 0 Å². The molecule has 1 aromatic heterocycles. The summed E-state index contributed by atoms with van der Waals surface area (Å²) in [6, 6.07) is 8.78. The molecule has 19 heavy (non-hydrogen) atoms. The molecule has 0 aliphatic carbocycles. The van der Waals surface area contributed by atoms with E-state index in [0.717, 1.165) is 0 Å². The molecule has 0 radical (unpaired) electrons. The molecule has 3 rings (SSSR count). The summed E-state index contributed by atoms with van der Waals surface area (Å²) < 4.78 is 27.0. The molecule has 4 nitrogen and oxygen atoms in total. The SMILES string of the molecule is Nc1ccc2nc(Nc3c(F)cccc3F)[nH]c2c1. The summed E-state index contributed by atoms with van der Waals surface area (Å²) in [4.78, 5) is 7.08. The minimum atomic E-state index is -0.681. The number of hydrogen-bond acceptors (Lipinski definition) is 3. The normalized spacial score (nSPS) is 10.8. The third-order valence-corrected chi connectivity index (χ3v) is 2.71. The van der Waals surface area contributed by atoms with Crippen LogP contribution in [0.5, 0.6) is 0 Å². The lowest BCUT2D eigenvalue weighted by atomic mass is 10.3. The van der Waals surface area contributed by atoms with Gasteiger partial charge in [-0.1, -0.05) is 6.07 Å². The molecule has 0 amide bonds. The number of nitrogens with one attached hydrogen (secondary N) is 2. The number of benzene rings is 2. The summed E-state index contributed by atoms with van der Waals surface area (Å²) in [6.07, 6.45) is 0. The molecule has 0 fully saturated rings. The Morgan fingerprint density at radius 1 is 1.11 bits per heavy atom. The van der Waals surface area contributed by atoms with E-state index in [1.54, 1.807) is 18.2 Å². The summed E-state index contributed by atoms with van der Waals surface area (Å²) >= 11 is 0. The molecule has 6 heteroatoms. The molecule has 3 aromatic rings. The van der Waals surface area contributed by atoms with Crippen LogP contribution in [0, 0.1) is 11.6 Å². The molecule has 0 saturated heterocycles. The van der Waals surface area contributed by atoms with Crippen LogP contribution in [0.4, 0.5) is 26.1 Å². The van der Waals surface area contributed by atoms with E-state index in [4.69, 9.17) is 5.73 Å². The Balaban J connectivity index is 2.01. The van der Waals surface area contributed by atoms with Crippen molar-refractivity contribution in [2.45, 2.75) is 0 Å². The summed E-state index contributed by atoms with van der Waals surface area (Å²) in [7, 11) is 0. The molecule has 0 spiro atoms. The van der Waals surface area contributed by atoms with Crippen molar-refractivity contribution < 1.29 is 8.78 Å². The van der Waals surface area contributed by atoms with Gasteiger partial charge >= 0.3 is 0 Å². The zero-order valence-corrected chi connectivity index (χ0v) is 9.74. The van der Waals surface area contributed by atoms with Crippen LogP contribution in [0.2, 0.25) is 0 Å². The number of halogens is 2. The number of aromatic nitrogens is 2. The fourth-order valence-corrected chi connectivity index (χ4v) is 1.82. The van der Waals surface area contributed by atoms with E-state index in [0.29, 0.717) is 16.7 Å². The van der Waals surface area contributed by atoms with Crippen LogP contribution in [0.15, 0.2) is 36.4 Å². The standard InChI is InChI=1S/C13H10F2N4/c14-8-2-1-3-9(15)12(8)19-13-17-10-5-4-7(16)6-11(10)18-13/h1-6H,16H2,(H2,17,18,19). The summed E-state index contributed by atoms with van der Waals surface area (Å²) in [5.41, 5.74) is 7.34. The molecule has 2 aromatic carbocycles. The highest BCUT2D eigenvalue weighted by Crippen LogP contribution is 2.23. The van der Waals surface area contributed by atoms with Gasteiger partial charge < -0.3 is 16.0 Å². The molecule has 96 valence electrons. The number of imidazole rings is 1. The minimum absolute atomic E-state index is 0.241. The number of fused-ring (bicyclic) bond motifs is 1. The van der Waals surface area contributed by atoms with Crippen LogP contribution in [-0.4, -0.2) is 9.97 Å². The zero-order valence-electron chi connectivity index (χ0n) is 9.74. The maximum atomic E-state index is 13.5. The number of aromatic amines is 1. The van der Waals surface area contributed by atoms with E-state index in [1.807, 2.05) is 0 Å². The Bertz CT molecular complexity index is 731. The second-order valence-corrected chi connectivity index (χ2v) is 4.08. The van der Waals surface area contributed by atoms with Gasteiger partial charge in [0.1, 0.15) is 17.3 Å². The number of para-hydroxylation sites is 1. The summed E-state index contributed by atoms with van der Waals surface area (Å²) in [5, 5.41) is 2.59. The molecule has 0 aliphatic rings. The Kier molecular flexibility index (Phi) is 2.56. The van der Waals surface area contributed by atoms with Gasteiger partial charge in [-0.2, -0.15) is 0 Å². The van der Waals surface area contributed by atoms with Crippen molar-refractivity contribution in [2.75, 3.05) is 11.1 Å². The van der Waals surface area contributed by atoms with Crippen molar-refractivity contribution in [2.24, 2.45) is 0 Å². The van der Waals surface area contributed by atoms with Crippen LogP contribution in [0.3, 0.4) is 0 Å². The van der Waals surface area contributed by atoms with Gasteiger partial charge in [-0.15, -0.1) is 0 Å². The lowest BCUT2D eigenvalue weighted by molar-refractivity contribution is 0.590. The molecule has 0 saturated carbocycles. The van der Waals surface area contributed by atoms with Crippen LogP contribution < -0.4 is 11.1 Å². The lowest BCUT2D eigenvalue weighted by Gasteiger charge is -2.04. The zero-order chi connectivity index (χ0) is 13.4. The van der Waals surface area contributed by atoms with Crippen molar-refractivity contribution in [1.29, 1.82) is 0 Å². The molecule has 0 aliphatic heterocycles. The topological polar surface area (TPSA) is 66.7 Å². The van der Waals surface area contributed by atoms with Gasteiger partial charge in [-0.3, -0.25) is 0 Å². The lowest BCUT2D eigenvalue weighted by Crippen LogP contribution is -1.98. The number of nitrogens with zero attached hydrogens (tertiary/aromatic N) is 1. The van der Waals surface area contributed by atoms with Gasteiger partial charge in [0.05, 0.1) is 11.0 Å². The fraction of sp³-hybridized carbons (Fsp3) is 0. The van der Waals surface area contributed by atoms with Crippen molar-refractivity contribution >= 4 is 28.4 Å². The van der Waals surface area contributed by atoms with Crippen molar-refractivity contribution in [3.05, 3.63) is 48.0 Å². The van der Waals surface area contributed by atoms with Gasteiger partial charge in [0, 0.05) is 5.69 Å². The average Bonchev–Trinajstić information content (AvgIpc) is 2.75. The van der Waals surface area contributed by atoms with Gasteiger partial charge in [0.15, 0.2) is 0 Å². The first-order valence-corrected chi connectivity index (χ1v) is 5.60. The number of hydrogen-bond donors (Lipinski definition) is 3. The first kappa shape index (κ1) is 11.5. The Morgan fingerprint density at radius 3 is 2.58 bits per heavy atom. The van der Waals surface area contributed by atoms with Crippen molar-refractivity contribution in [1.82, 2.24) is 9.97 Å². The number of anilines is 3. The first-order valence-electron chi connectivity index (χ1n) is 5.60. The maximum absolute atomic E-state index is 13.5. The highest BCUT2D eigenvalue weighted by Gasteiger charge is 2.10. The fourth-order valence-electron chi connectivity index (χ4n) is 1.82. The molecule has 0 bridgehead atoms. The Morgan fingerprint density at radius 2 is 1.84 bits per heavy atom. The Hall–Kier alpha value is -2.63. The summed E-state index contributed by atoms with van der Waals surface area (Å²) in [6.45, 7) is 0. The largest absolute Gasteiger partial charge is 0.399 e. The van der Waals surface area contributed by atoms with Crippen LogP contribution in [0.1, 0.15) is 0 Å². The van der Waals surface area contributed by atoms with Gasteiger partial charge in [-0.05, 0) is 30.3 Å². The molecular weight excluding hydrogens is 250 g/mol. The van der Waals surface area contributed by atoms with E-state index < -0.39 is 11.6 Å². The van der Waals surface area contributed by atoms with Gasteiger partial charge in [0.25, 0.3) is 0 Å². The average molecular weight is 260 g/mol. The first-order chi connectivity index (χ1) is 9.13. The highest BCUT2D eigenvalue weighted by molar-refractivity contribution is 5.81.